The molecule has 6 heteroatoms. The summed E-state index contributed by atoms with van der Waals surface area (Å²) in [5.41, 5.74) is 5.18. The third-order valence-corrected chi connectivity index (χ3v) is 6.78. The normalized spacial score (nSPS) is 15.6. The molecule has 0 N–H and O–H groups in total. The highest BCUT2D eigenvalue weighted by molar-refractivity contribution is 7.92. The van der Waals surface area contributed by atoms with Crippen LogP contribution in [0.4, 0.5) is 11.4 Å². The van der Waals surface area contributed by atoms with Crippen molar-refractivity contribution in [3.05, 3.63) is 95.1 Å². The molecule has 4 rings (SSSR count). The number of amides is 1. The quantitative estimate of drug-likeness (QED) is 0.592. The van der Waals surface area contributed by atoms with Crippen LogP contribution in [0.25, 0.3) is 0 Å². The van der Waals surface area contributed by atoms with Gasteiger partial charge in [-0.05, 0) is 67.3 Å². The van der Waals surface area contributed by atoms with Gasteiger partial charge in [0.05, 0.1) is 18.5 Å². The minimum atomic E-state index is -3.46. The first-order valence-corrected chi connectivity index (χ1v) is 12.1. The van der Waals surface area contributed by atoms with E-state index in [0.29, 0.717) is 11.3 Å². The van der Waals surface area contributed by atoms with E-state index in [-0.39, 0.29) is 18.5 Å². The molecule has 0 aliphatic carbocycles. The van der Waals surface area contributed by atoms with Crippen LogP contribution in [-0.4, -0.2) is 26.6 Å². The lowest BCUT2D eigenvalue weighted by molar-refractivity contribution is 0.0981. The van der Waals surface area contributed by atoms with Gasteiger partial charge in [-0.2, -0.15) is 0 Å². The molecule has 5 nitrogen and oxygen atoms in total. The van der Waals surface area contributed by atoms with Crippen LogP contribution in [0.1, 0.15) is 34.0 Å². The molecule has 1 atom stereocenters. The third kappa shape index (κ3) is 4.35. The van der Waals surface area contributed by atoms with Crippen LogP contribution in [0, 0.1) is 6.92 Å². The summed E-state index contributed by atoms with van der Waals surface area (Å²) in [6, 6.07) is 22.7. The van der Waals surface area contributed by atoms with Crippen molar-refractivity contribution in [2.75, 3.05) is 15.5 Å². The second kappa shape index (κ2) is 8.19. The van der Waals surface area contributed by atoms with Crippen molar-refractivity contribution < 1.29 is 13.2 Å². The fraction of sp³-hybridized carbons (Fsp3) is 0.240. The van der Waals surface area contributed by atoms with Crippen LogP contribution < -0.4 is 9.21 Å². The summed E-state index contributed by atoms with van der Waals surface area (Å²) in [6.45, 7) is 4.19. The molecule has 0 fully saturated rings. The average Bonchev–Trinajstić information content (AvgIpc) is 3.06. The second-order valence-electron chi connectivity index (χ2n) is 8.16. The number of nitrogens with zero attached hydrogens (tertiary/aromatic N) is 2. The Morgan fingerprint density at radius 3 is 2.42 bits per heavy atom. The number of aryl methyl sites for hydroxylation is 1. The van der Waals surface area contributed by atoms with Crippen molar-refractivity contribution in [2.45, 2.75) is 32.9 Å². The number of carbonyl (C=O) groups excluding carboxylic acids is 1. The molecule has 0 saturated carbocycles. The Labute approximate surface area is 184 Å². The van der Waals surface area contributed by atoms with Crippen LogP contribution in [-0.2, 0) is 23.0 Å². The molecule has 31 heavy (non-hydrogen) atoms. The van der Waals surface area contributed by atoms with Crippen molar-refractivity contribution in [1.29, 1.82) is 0 Å². The molecule has 3 aromatic rings. The topological polar surface area (TPSA) is 57.7 Å². The van der Waals surface area contributed by atoms with Gasteiger partial charge in [0.15, 0.2) is 0 Å². The van der Waals surface area contributed by atoms with Gasteiger partial charge >= 0.3 is 0 Å². The standard InChI is InChI=1S/C25H26N2O3S/c1-18-7-6-9-23(15-18)26(31(3,29)30)17-20-11-13-21(14-12-20)25(28)27-19(2)16-22-8-4-5-10-24(22)27/h4-15,19H,16-17H2,1-3H3/t19-/m1/s1. The first-order valence-electron chi connectivity index (χ1n) is 10.3. The Bertz CT molecular complexity index is 1220. The van der Waals surface area contributed by atoms with Gasteiger partial charge in [0.1, 0.15) is 0 Å². The number of rotatable bonds is 5. The largest absolute Gasteiger partial charge is 0.305 e. The van der Waals surface area contributed by atoms with E-state index in [4.69, 9.17) is 0 Å². The Hall–Kier alpha value is -3.12. The first-order chi connectivity index (χ1) is 14.7. The molecule has 0 aromatic heterocycles. The second-order valence-corrected chi connectivity index (χ2v) is 10.1. The first kappa shape index (κ1) is 21.1. The van der Waals surface area contributed by atoms with Crippen LogP contribution in [0.2, 0.25) is 0 Å². The molecule has 3 aromatic carbocycles. The summed E-state index contributed by atoms with van der Waals surface area (Å²) >= 11 is 0. The van der Waals surface area contributed by atoms with Crippen LogP contribution >= 0.6 is 0 Å². The van der Waals surface area contributed by atoms with E-state index in [2.05, 4.69) is 13.0 Å². The van der Waals surface area contributed by atoms with E-state index < -0.39 is 10.0 Å². The molecule has 1 heterocycles. The number of anilines is 2. The van der Waals surface area contributed by atoms with Crippen molar-refractivity contribution in [2.24, 2.45) is 0 Å². The summed E-state index contributed by atoms with van der Waals surface area (Å²) in [4.78, 5) is 15.0. The predicted molar refractivity (Wildman–Crippen MR) is 125 cm³/mol. The Kier molecular flexibility index (Phi) is 5.58. The van der Waals surface area contributed by atoms with E-state index in [1.54, 1.807) is 18.2 Å². The maximum atomic E-state index is 13.2. The summed E-state index contributed by atoms with van der Waals surface area (Å²) < 4.78 is 26.2. The smallest absolute Gasteiger partial charge is 0.258 e. The fourth-order valence-electron chi connectivity index (χ4n) is 4.12. The number of hydrogen-bond acceptors (Lipinski definition) is 3. The number of hydrogen-bond donors (Lipinski definition) is 0. The monoisotopic (exact) mass is 434 g/mol. The number of carbonyl (C=O) groups is 1. The average molecular weight is 435 g/mol. The van der Waals surface area contributed by atoms with Crippen LogP contribution in [0.5, 0.6) is 0 Å². The number of para-hydroxylation sites is 1. The van der Waals surface area contributed by atoms with Gasteiger partial charge in [-0.25, -0.2) is 8.42 Å². The molecule has 1 aliphatic rings. The Morgan fingerprint density at radius 1 is 1.03 bits per heavy atom. The zero-order valence-corrected chi connectivity index (χ0v) is 18.8. The fourth-order valence-corrected chi connectivity index (χ4v) is 5.00. The molecule has 1 amide bonds. The zero-order valence-electron chi connectivity index (χ0n) is 17.9. The highest BCUT2D eigenvalue weighted by Crippen LogP contribution is 2.33. The van der Waals surface area contributed by atoms with E-state index in [1.165, 1.54) is 16.1 Å². The molecule has 1 aliphatic heterocycles. The SMILES string of the molecule is Cc1cccc(N(Cc2ccc(C(=O)N3c4ccccc4C[C@H]3C)cc2)S(C)(=O)=O)c1. The number of benzene rings is 3. The molecule has 0 unspecified atom stereocenters. The maximum Gasteiger partial charge on any atom is 0.258 e. The Balaban J connectivity index is 1.57. The van der Waals surface area contributed by atoms with Gasteiger partial charge < -0.3 is 4.90 Å². The van der Waals surface area contributed by atoms with E-state index >= 15 is 0 Å². The molecular weight excluding hydrogens is 408 g/mol. The van der Waals surface area contributed by atoms with Crippen molar-refractivity contribution in [1.82, 2.24) is 0 Å². The van der Waals surface area contributed by atoms with Gasteiger partial charge in [0.25, 0.3) is 5.91 Å². The minimum Gasteiger partial charge on any atom is -0.305 e. The highest BCUT2D eigenvalue weighted by Gasteiger charge is 2.31. The molecule has 0 spiro atoms. The zero-order chi connectivity index (χ0) is 22.2. The lowest BCUT2D eigenvalue weighted by atomic mass is 10.1. The van der Waals surface area contributed by atoms with E-state index in [0.717, 1.165) is 23.2 Å². The maximum absolute atomic E-state index is 13.2. The van der Waals surface area contributed by atoms with Gasteiger partial charge in [-0.3, -0.25) is 9.10 Å². The lowest BCUT2D eigenvalue weighted by Gasteiger charge is -2.24. The molecule has 0 saturated heterocycles. The van der Waals surface area contributed by atoms with Gasteiger partial charge in [-0.1, -0.05) is 42.5 Å². The molecule has 0 bridgehead atoms. The van der Waals surface area contributed by atoms with Crippen LogP contribution in [0.3, 0.4) is 0 Å². The third-order valence-electron chi connectivity index (χ3n) is 5.64. The summed E-state index contributed by atoms with van der Waals surface area (Å²) in [5.74, 6) is -0.0392. The van der Waals surface area contributed by atoms with Crippen molar-refractivity contribution >= 4 is 27.3 Å². The minimum absolute atomic E-state index is 0.0392. The highest BCUT2D eigenvalue weighted by atomic mass is 32.2. The van der Waals surface area contributed by atoms with Gasteiger partial charge in [0.2, 0.25) is 10.0 Å². The summed E-state index contributed by atoms with van der Waals surface area (Å²) in [6.07, 6.45) is 2.05. The van der Waals surface area contributed by atoms with Crippen molar-refractivity contribution in [3.8, 4) is 0 Å². The molecule has 160 valence electrons. The molecule has 0 radical (unpaired) electrons. The van der Waals surface area contributed by atoms with Crippen LogP contribution in [0.15, 0.2) is 72.8 Å². The van der Waals surface area contributed by atoms with E-state index in [9.17, 15) is 13.2 Å². The molecular formula is C25H26N2O3S. The van der Waals surface area contributed by atoms with E-state index in [1.807, 2.05) is 60.4 Å². The number of sulfonamides is 1. The number of fused-ring (bicyclic) bond motifs is 1. The van der Waals surface area contributed by atoms with Gasteiger partial charge in [-0.15, -0.1) is 0 Å². The Morgan fingerprint density at radius 2 is 1.74 bits per heavy atom. The summed E-state index contributed by atoms with van der Waals surface area (Å²) in [7, 11) is -3.46. The summed E-state index contributed by atoms with van der Waals surface area (Å²) in [5, 5.41) is 0. The van der Waals surface area contributed by atoms with Crippen molar-refractivity contribution in [3.63, 3.8) is 0 Å². The lowest BCUT2D eigenvalue weighted by Crippen LogP contribution is -2.35. The van der Waals surface area contributed by atoms with Gasteiger partial charge in [0, 0.05) is 17.3 Å². The predicted octanol–water partition coefficient (Wildman–Crippen LogP) is 4.55.